The number of carbonyl (C=O) groups is 1. The van der Waals surface area contributed by atoms with E-state index in [9.17, 15) is 9.59 Å². The summed E-state index contributed by atoms with van der Waals surface area (Å²) in [6.45, 7) is 1.63. The minimum absolute atomic E-state index is 0.0816. The van der Waals surface area contributed by atoms with Gasteiger partial charge in [-0.25, -0.2) is 4.79 Å². The van der Waals surface area contributed by atoms with Crippen molar-refractivity contribution in [2.75, 3.05) is 21.3 Å². The predicted octanol–water partition coefficient (Wildman–Crippen LogP) is 2.33. The molecule has 0 atom stereocenters. The first-order chi connectivity index (χ1) is 11.5. The van der Waals surface area contributed by atoms with Gasteiger partial charge in [-0.05, 0) is 19.1 Å². The lowest BCUT2D eigenvalue weighted by Crippen LogP contribution is -2.09. The first-order valence-corrected chi connectivity index (χ1v) is 7.05. The van der Waals surface area contributed by atoms with Gasteiger partial charge in [0.2, 0.25) is 11.2 Å². The number of methoxy groups -OCH3 is 3. The smallest absolute Gasteiger partial charge is 0.338 e. The molecular formula is C17H18O7. The molecule has 0 N–H and O–H groups in total. The van der Waals surface area contributed by atoms with Crippen LogP contribution in [0.15, 0.2) is 33.7 Å². The highest BCUT2D eigenvalue weighted by Gasteiger charge is 2.15. The van der Waals surface area contributed by atoms with Gasteiger partial charge in [-0.2, -0.15) is 0 Å². The molecule has 1 heterocycles. The first kappa shape index (κ1) is 17.4. The van der Waals surface area contributed by atoms with Crippen LogP contribution in [0.2, 0.25) is 0 Å². The second kappa shape index (κ2) is 7.54. The van der Waals surface area contributed by atoms with Crippen LogP contribution in [-0.4, -0.2) is 27.3 Å². The van der Waals surface area contributed by atoms with E-state index in [1.165, 1.54) is 33.7 Å². The topological polar surface area (TPSA) is 84.2 Å². The molecule has 0 radical (unpaired) electrons. The van der Waals surface area contributed by atoms with Crippen molar-refractivity contribution in [2.45, 2.75) is 13.5 Å². The largest absolute Gasteiger partial charge is 0.496 e. The summed E-state index contributed by atoms with van der Waals surface area (Å²) in [5.41, 5.74) is 0.691. The predicted molar refractivity (Wildman–Crippen MR) is 84.9 cm³/mol. The third kappa shape index (κ3) is 3.68. The van der Waals surface area contributed by atoms with Crippen molar-refractivity contribution >= 4 is 5.97 Å². The van der Waals surface area contributed by atoms with Crippen molar-refractivity contribution in [1.29, 1.82) is 0 Å². The lowest BCUT2D eigenvalue weighted by Gasteiger charge is -2.12. The zero-order chi connectivity index (χ0) is 17.7. The number of ether oxygens (including phenoxy) is 4. The van der Waals surface area contributed by atoms with Gasteiger partial charge in [0.1, 0.15) is 30.1 Å². The highest BCUT2D eigenvalue weighted by molar-refractivity contribution is 5.90. The summed E-state index contributed by atoms with van der Waals surface area (Å²) in [4.78, 5) is 23.8. The highest BCUT2D eigenvalue weighted by atomic mass is 16.5. The van der Waals surface area contributed by atoms with Gasteiger partial charge < -0.3 is 23.4 Å². The fraction of sp³-hybridized carbons (Fsp3) is 0.294. The molecule has 0 bridgehead atoms. The summed E-state index contributed by atoms with van der Waals surface area (Å²) in [6, 6.07) is 4.33. The lowest BCUT2D eigenvalue weighted by molar-refractivity contribution is 0.0442. The van der Waals surface area contributed by atoms with Gasteiger partial charge in [-0.3, -0.25) is 4.79 Å². The summed E-state index contributed by atoms with van der Waals surface area (Å²) in [6.07, 6.45) is 1.17. The van der Waals surface area contributed by atoms with Crippen molar-refractivity contribution in [3.05, 3.63) is 51.6 Å². The summed E-state index contributed by atoms with van der Waals surface area (Å²) < 4.78 is 25.6. The number of rotatable bonds is 6. The summed E-state index contributed by atoms with van der Waals surface area (Å²) in [5.74, 6) is 0.720. The van der Waals surface area contributed by atoms with E-state index in [0.717, 1.165) is 5.56 Å². The molecular weight excluding hydrogens is 316 g/mol. The second-order valence-corrected chi connectivity index (χ2v) is 4.86. The Morgan fingerprint density at radius 1 is 1.00 bits per heavy atom. The van der Waals surface area contributed by atoms with Gasteiger partial charge in [0.05, 0.1) is 26.9 Å². The molecule has 1 aromatic heterocycles. The Kier molecular flexibility index (Phi) is 5.47. The Morgan fingerprint density at radius 2 is 1.58 bits per heavy atom. The molecule has 7 heteroatoms. The van der Waals surface area contributed by atoms with Crippen LogP contribution in [0, 0.1) is 6.92 Å². The Bertz CT molecular complexity index is 767. The molecule has 0 aliphatic rings. The minimum atomic E-state index is -0.593. The average molecular weight is 334 g/mol. The molecule has 2 aromatic rings. The van der Waals surface area contributed by atoms with Crippen molar-refractivity contribution in [3.63, 3.8) is 0 Å². The Morgan fingerprint density at radius 3 is 2.08 bits per heavy atom. The van der Waals surface area contributed by atoms with Gasteiger partial charge in [0.15, 0.2) is 0 Å². The third-order valence-corrected chi connectivity index (χ3v) is 3.41. The molecule has 7 nitrogen and oxygen atoms in total. The molecule has 0 amide bonds. The van der Waals surface area contributed by atoms with E-state index < -0.39 is 5.97 Å². The molecule has 0 spiro atoms. The van der Waals surface area contributed by atoms with E-state index in [1.54, 1.807) is 12.1 Å². The number of hydrogen-bond acceptors (Lipinski definition) is 7. The molecule has 0 unspecified atom stereocenters. The molecule has 2 rings (SSSR count). The molecule has 0 aliphatic heterocycles. The van der Waals surface area contributed by atoms with Crippen LogP contribution in [0.4, 0.5) is 0 Å². The quantitative estimate of drug-likeness (QED) is 0.750. The van der Waals surface area contributed by atoms with E-state index in [1.807, 2.05) is 6.92 Å². The van der Waals surface area contributed by atoms with E-state index in [-0.39, 0.29) is 29.1 Å². The molecule has 128 valence electrons. The Balaban J connectivity index is 2.15. The normalized spacial score (nSPS) is 10.2. The highest BCUT2D eigenvalue weighted by Crippen LogP contribution is 2.29. The van der Waals surface area contributed by atoms with E-state index >= 15 is 0 Å². The zero-order valence-electron chi connectivity index (χ0n) is 13.9. The number of hydrogen-bond donors (Lipinski definition) is 0. The van der Waals surface area contributed by atoms with Crippen LogP contribution < -0.4 is 19.6 Å². The van der Waals surface area contributed by atoms with Crippen LogP contribution in [0.5, 0.6) is 17.2 Å². The van der Waals surface area contributed by atoms with Crippen molar-refractivity contribution < 1.29 is 28.2 Å². The van der Waals surface area contributed by atoms with E-state index in [2.05, 4.69) is 0 Å². The maximum atomic E-state index is 12.2. The van der Waals surface area contributed by atoms with Crippen LogP contribution in [0.3, 0.4) is 0 Å². The maximum absolute atomic E-state index is 12.2. The van der Waals surface area contributed by atoms with Crippen LogP contribution >= 0.6 is 0 Å². The fourth-order valence-corrected chi connectivity index (χ4v) is 2.09. The van der Waals surface area contributed by atoms with Crippen LogP contribution in [-0.2, 0) is 11.3 Å². The lowest BCUT2D eigenvalue weighted by atomic mass is 10.1. The summed E-state index contributed by atoms with van der Waals surface area (Å²) >= 11 is 0. The van der Waals surface area contributed by atoms with E-state index in [4.69, 9.17) is 23.4 Å². The van der Waals surface area contributed by atoms with Crippen LogP contribution in [0.1, 0.15) is 21.7 Å². The number of benzene rings is 1. The summed E-state index contributed by atoms with van der Waals surface area (Å²) in [5, 5.41) is 0. The van der Waals surface area contributed by atoms with Gasteiger partial charge in [0, 0.05) is 11.6 Å². The standard InChI is InChI=1S/C17H18O7/c1-10-14(20-2)5-11(6-15(10)21-3)17(19)24-8-12-7-13(18)16(22-4)9-23-12/h5-7,9H,8H2,1-4H3. The monoisotopic (exact) mass is 334 g/mol. The molecule has 24 heavy (non-hydrogen) atoms. The third-order valence-electron chi connectivity index (χ3n) is 3.41. The zero-order valence-corrected chi connectivity index (χ0v) is 13.9. The first-order valence-electron chi connectivity index (χ1n) is 7.05. The number of esters is 1. The van der Waals surface area contributed by atoms with Gasteiger partial charge in [-0.15, -0.1) is 0 Å². The minimum Gasteiger partial charge on any atom is -0.496 e. The summed E-state index contributed by atoms with van der Waals surface area (Å²) in [7, 11) is 4.37. The van der Waals surface area contributed by atoms with Crippen molar-refractivity contribution in [2.24, 2.45) is 0 Å². The molecule has 0 saturated carbocycles. The van der Waals surface area contributed by atoms with Crippen molar-refractivity contribution in [1.82, 2.24) is 0 Å². The fourth-order valence-electron chi connectivity index (χ4n) is 2.09. The molecule has 0 fully saturated rings. The van der Waals surface area contributed by atoms with Gasteiger partial charge >= 0.3 is 5.97 Å². The van der Waals surface area contributed by atoms with E-state index in [0.29, 0.717) is 11.5 Å². The van der Waals surface area contributed by atoms with Gasteiger partial charge in [0.25, 0.3) is 0 Å². The van der Waals surface area contributed by atoms with Crippen LogP contribution in [0.25, 0.3) is 0 Å². The second-order valence-electron chi connectivity index (χ2n) is 4.86. The Hall–Kier alpha value is -2.96. The average Bonchev–Trinajstić information content (AvgIpc) is 2.59. The van der Waals surface area contributed by atoms with Crippen molar-refractivity contribution in [3.8, 4) is 17.2 Å². The molecule has 1 aromatic carbocycles. The molecule has 0 aliphatic carbocycles. The SMILES string of the molecule is COc1cc(C(=O)OCc2cc(=O)c(OC)co2)cc(OC)c1C. The van der Waals surface area contributed by atoms with Gasteiger partial charge in [-0.1, -0.05) is 0 Å². The maximum Gasteiger partial charge on any atom is 0.338 e. The Labute approximate surface area is 138 Å². The number of carbonyl (C=O) groups excluding carboxylic acids is 1. The molecule has 0 saturated heterocycles.